The van der Waals surface area contributed by atoms with Gasteiger partial charge in [-0.2, -0.15) is 0 Å². The van der Waals surface area contributed by atoms with E-state index in [0.717, 1.165) is 0 Å². The fourth-order valence-corrected chi connectivity index (χ4v) is 1.04. The predicted octanol–water partition coefficient (Wildman–Crippen LogP) is 0.670. The Hall–Kier alpha value is -2.04. The van der Waals surface area contributed by atoms with Crippen LogP contribution in [-0.2, 0) is 4.79 Å². The molecule has 0 saturated carbocycles. The fourth-order valence-electron chi connectivity index (χ4n) is 1.04. The van der Waals surface area contributed by atoms with Crippen molar-refractivity contribution in [3.63, 3.8) is 0 Å². The molecule has 15 heavy (non-hydrogen) atoms. The third-order valence-electron chi connectivity index (χ3n) is 1.92. The van der Waals surface area contributed by atoms with Crippen LogP contribution in [0.3, 0.4) is 0 Å². The summed E-state index contributed by atoms with van der Waals surface area (Å²) in [5.74, 6) is -1.44. The summed E-state index contributed by atoms with van der Waals surface area (Å²) in [7, 11) is 0. The molecule has 1 aromatic rings. The van der Waals surface area contributed by atoms with Crippen molar-refractivity contribution in [2.45, 2.75) is 13.0 Å². The molecule has 1 atom stereocenters. The Kier molecular flexibility index (Phi) is 3.28. The summed E-state index contributed by atoms with van der Waals surface area (Å²) >= 11 is 0. The minimum atomic E-state index is -0.936. The van der Waals surface area contributed by atoms with Crippen LogP contribution in [0.4, 0.5) is 5.69 Å². The number of nitrogens with one attached hydrogen (secondary N) is 1. The molecule has 0 radical (unpaired) electrons. The van der Waals surface area contributed by atoms with Gasteiger partial charge >= 0.3 is 5.97 Å². The number of hydrogen-bond donors (Lipinski definition) is 3. The van der Waals surface area contributed by atoms with Gasteiger partial charge < -0.3 is 16.2 Å². The molecular formula is C10H12N2O3. The maximum Gasteiger partial charge on any atom is 0.325 e. The number of anilines is 1. The number of primary amides is 1. The van der Waals surface area contributed by atoms with Crippen LogP contribution < -0.4 is 11.1 Å². The highest BCUT2D eigenvalue weighted by atomic mass is 16.4. The lowest BCUT2D eigenvalue weighted by Gasteiger charge is -2.10. The van der Waals surface area contributed by atoms with Crippen LogP contribution in [0.1, 0.15) is 17.3 Å². The molecule has 1 amide bonds. The highest BCUT2D eigenvalue weighted by molar-refractivity contribution is 5.93. The van der Waals surface area contributed by atoms with E-state index < -0.39 is 17.9 Å². The number of rotatable bonds is 4. The Morgan fingerprint density at radius 1 is 1.33 bits per heavy atom. The third kappa shape index (κ3) is 2.98. The summed E-state index contributed by atoms with van der Waals surface area (Å²) < 4.78 is 0. The number of nitrogens with two attached hydrogens (primary N) is 1. The molecule has 0 heterocycles. The van der Waals surface area contributed by atoms with E-state index >= 15 is 0 Å². The van der Waals surface area contributed by atoms with Crippen LogP contribution in [0.15, 0.2) is 24.3 Å². The molecule has 1 rings (SSSR count). The van der Waals surface area contributed by atoms with Crippen LogP contribution in [-0.4, -0.2) is 23.0 Å². The van der Waals surface area contributed by atoms with Crippen molar-refractivity contribution in [2.24, 2.45) is 5.73 Å². The zero-order valence-electron chi connectivity index (χ0n) is 8.23. The minimum Gasteiger partial charge on any atom is -0.480 e. The standard InChI is InChI=1S/C10H12N2O3/c1-6(10(14)15)12-8-4-2-7(3-5-8)9(11)13/h2-6,12H,1H3,(H2,11,13)(H,14,15). The van der Waals surface area contributed by atoms with Crippen molar-refractivity contribution in [3.8, 4) is 0 Å². The number of carbonyl (C=O) groups is 2. The largest absolute Gasteiger partial charge is 0.480 e. The highest BCUT2D eigenvalue weighted by Crippen LogP contribution is 2.10. The summed E-state index contributed by atoms with van der Waals surface area (Å²) in [6.07, 6.45) is 0. The second-order valence-electron chi connectivity index (χ2n) is 3.15. The van der Waals surface area contributed by atoms with Crippen molar-refractivity contribution >= 4 is 17.6 Å². The van der Waals surface area contributed by atoms with Crippen molar-refractivity contribution < 1.29 is 14.7 Å². The first-order valence-electron chi connectivity index (χ1n) is 4.40. The predicted molar refractivity (Wildman–Crippen MR) is 55.7 cm³/mol. The molecule has 1 unspecified atom stereocenters. The monoisotopic (exact) mass is 208 g/mol. The van der Waals surface area contributed by atoms with Gasteiger partial charge in [-0.05, 0) is 31.2 Å². The van der Waals surface area contributed by atoms with Gasteiger partial charge in [0.15, 0.2) is 0 Å². The number of benzene rings is 1. The summed E-state index contributed by atoms with van der Waals surface area (Å²) in [6.45, 7) is 1.53. The van der Waals surface area contributed by atoms with E-state index in [1.165, 1.54) is 6.92 Å². The molecule has 4 N–H and O–H groups in total. The zero-order chi connectivity index (χ0) is 11.4. The van der Waals surface area contributed by atoms with Crippen LogP contribution >= 0.6 is 0 Å². The van der Waals surface area contributed by atoms with Crippen LogP contribution in [0.5, 0.6) is 0 Å². The first-order chi connectivity index (χ1) is 7.00. The Morgan fingerprint density at radius 2 is 1.87 bits per heavy atom. The van der Waals surface area contributed by atoms with Gasteiger partial charge in [-0.1, -0.05) is 0 Å². The van der Waals surface area contributed by atoms with Gasteiger partial charge in [0, 0.05) is 11.3 Å². The molecule has 0 spiro atoms. The van der Waals surface area contributed by atoms with Crippen molar-refractivity contribution in [1.82, 2.24) is 0 Å². The number of carbonyl (C=O) groups excluding carboxylic acids is 1. The van der Waals surface area contributed by atoms with Crippen LogP contribution in [0.2, 0.25) is 0 Å². The van der Waals surface area contributed by atoms with Gasteiger partial charge in [-0.25, -0.2) is 0 Å². The molecule has 0 fully saturated rings. The zero-order valence-corrected chi connectivity index (χ0v) is 8.23. The number of carboxylic acids is 1. The van der Waals surface area contributed by atoms with E-state index in [-0.39, 0.29) is 0 Å². The Labute approximate surface area is 86.9 Å². The number of carboxylic acid groups (broad SMARTS) is 1. The average Bonchev–Trinajstić information content (AvgIpc) is 2.18. The third-order valence-corrected chi connectivity index (χ3v) is 1.92. The summed E-state index contributed by atoms with van der Waals surface area (Å²) in [4.78, 5) is 21.3. The van der Waals surface area contributed by atoms with Crippen LogP contribution in [0.25, 0.3) is 0 Å². The van der Waals surface area contributed by atoms with E-state index in [0.29, 0.717) is 11.3 Å². The SMILES string of the molecule is CC(Nc1ccc(C(N)=O)cc1)C(=O)O. The Balaban J connectivity index is 2.72. The first-order valence-corrected chi connectivity index (χ1v) is 4.40. The van der Waals surface area contributed by atoms with Crippen molar-refractivity contribution in [3.05, 3.63) is 29.8 Å². The molecule has 80 valence electrons. The molecule has 0 aliphatic rings. The second-order valence-corrected chi connectivity index (χ2v) is 3.15. The van der Waals surface area contributed by atoms with Gasteiger partial charge in [0.2, 0.25) is 5.91 Å². The molecule has 5 heteroatoms. The molecule has 0 aliphatic carbocycles. The van der Waals surface area contributed by atoms with E-state index in [1.54, 1.807) is 24.3 Å². The first kappa shape index (κ1) is 11.0. The minimum absolute atomic E-state index is 0.392. The molecular weight excluding hydrogens is 196 g/mol. The summed E-state index contributed by atoms with van der Waals surface area (Å²) in [5, 5.41) is 11.4. The molecule has 5 nitrogen and oxygen atoms in total. The fraction of sp³-hybridized carbons (Fsp3) is 0.200. The van der Waals surface area contributed by atoms with Crippen molar-refractivity contribution in [2.75, 3.05) is 5.32 Å². The topological polar surface area (TPSA) is 92.4 Å². The van der Waals surface area contributed by atoms with E-state index in [2.05, 4.69) is 5.32 Å². The van der Waals surface area contributed by atoms with Crippen LogP contribution in [0, 0.1) is 0 Å². The molecule has 1 aromatic carbocycles. The van der Waals surface area contributed by atoms with Gasteiger partial charge in [0.1, 0.15) is 6.04 Å². The normalized spacial score (nSPS) is 11.8. The maximum atomic E-state index is 10.8. The van der Waals surface area contributed by atoms with E-state index in [4.69, 9.17) is 10.8 Å². The Bertz CT molecular complexity index is 373. The summed E-state index contributed by atoms with van der Waals surface area (Å²) in [5.41, 5.74) is 6.09. The molecule has 0 aliphatic heterocycles. The molecule has 0 aromatic heterocycles. The Morgan fingerprint density at radius 3 is 2.27 bits per heavy atom. The van der Waals surface area contributed by atoms with Gasteiger partial charge in [0.05, 0.1) is 0 Å². The smallest absolute Gasteiger partial charge is 0.325 e. The lowest BCUT2D eigenvalue weighted by Crippen LogP contribution is -2.25. The van der Waals surface area contributed by atoms with Gasteiger partial charge in [0.25, 0.3) is 0 Å². The maximum absolute atomic E-state index is 10.8. The second kappa shape index (κ2) is 4.45. The molecule has 0 bridgehead atoms. The summed E-state index contributed by atoms with van der Waals surface area (Å²) in [6, 6.07) is 5.63. The van der Waals surface area contributed by atoms with E-state index in [1.807, 2.05) is 0 Å². The highest BCUT2D eigenvalue weighted by Gasteiger charge is 2.09. The lowest BCUT2D eigenvalue weighted by molar-refractivity contribution is -0.137. The van der Waals surface area contributed by atoms with Gasteiger partial charge in [-0.3, -0.25) is 9.59 Å². The number of hydrogen-bond acceptors (Lipinski definition) is 3. The number of amides is 1. The van der Waals surface area contributed by atoms with Crippen molar-refractivity contribution in [1.29, 1.82) is 0 Å². The number of aliphatic carboxylic acids is 1. The lowest BCUT2D eigenvalue weighted by atomic mass is 10.2. The average molecular weight is 208 g/mol. The molecule has 0 saturated heterocycles. The van der Waals surface area contributed by atoms with E-state index in [9.17, 15) is 9.59 Å². The van der Waals surface area contributed by atoms with Gasteiger partial charge in [-0.15, -0.1) is 0 Å². The quantitative estimate of drug-likeness (QED) is 0.678.